The number of H-pyrrole nitrogens is 2. The van der Waals surface area contributed by atoms with Crippen LogP contribution in [0.4, 0.5) is 0 Å². The van der Waals surface area contributed by atoms with Gasteiger partial charge in [0.15, 0.2) is 17.4 Å². The number of primary amides is 1. The van der Waals surface area contributed by atoms with Gasteiger partial charge in [-0.1, -0.05) is 56.3 Å². The van der Waals surface area contributed by atoms with Gasteiger partial charge in [0, 0.05) is 67.8 Å². The normalized spacial score (nSPS) is 15.3. The number of nitrogens with one attached hydrogen (secondary N) is 10. The number of aromatic amines is 2. The number of phenolic OH excluding ortho intramolecular Hbond substituents is 1. The van der Waals surface area contributed by atoms with Crippen LogP contribution in [-0.2, 0) is 78.4 Å². The van der Waals surface area contributed by atoms with Crippen LogP contribution in [0.5, 0.6) is 5.75 Å². The highest BCUT2D eigenvalue weighted by Gasteiger charge is 2.40. The number of aliphatic hydroxyl groups is 1. The number of aliphatic imine (C=N–C) groups is 1. The third-order valence-corrected chi connectivity index (χ3v) is 15.7. The van der Waals surface area contributed by atoms with Crippen molar-refractivity contribution in [3.8, 4) is 5.75 Å². The monoisotopic (exact) mass is 1330 g/mol. The molecular weight excluding hydrogens is 1250 g/mol. The maximum absolute atomic E-state index is 15.0. The Labute approximate surface area is 549 Å². The molecule has 7 rings (SSSR count). The first-order valence-corrected chi connectivity index (χ1v) is 31.1. The zero-order chi connectivity index (χ0) is 69.6. The number of para-hydroxylation sites is 3. The van der Waals surface area contributed by atoms with Crippen LogP contribution in [0.15, 0.2) is 101 Å². The van der Waals surface area contributed by atoms with E-state index in [1.807, 2.05) is 0 Å². The molecule has 96 heavy (non-hydrogen) atoms. The molecule has 21 N–H and O–H groups in total. The molecule has 1 aliphatic rings. The number of aromatic hydroxyl groups is 1. The minimum atomic E-state index is -1.85. The Balaban J connectivity index is 1.16. The van der Waals surface area contributed by atoms with E-state index in [1.54, 1.807) is 68.6 Å². The zero-order valence-electron chi connectivity index (χ0n) is 52.9. The quantitative estimate of drug-likeness (QED) is 0.0108. The number of imidazole rings is 1. The summed E-state index contributed by atoms with van der Waals surface area (Å²) < 4.78 is 6.00. The van der Waals surface area contributed by atoms with Crippen molar-refractivity contribution in [3.05, 3.63) is 114 Å². The summed E-state index contributed by atoms with van der Waals surface area (Å²) in [6.45, 7) is 2.17. The van der Waals surface area contributed by atoms with Crippen LogP contribution in [0.2, 0.25) is 0 Å². The molecule has 1 fully saturated rings. The predicted octanol–water partition coefficient (Wildman–Crippen LogP) is -2.72. The first kappa shape index (κ1) is 72.5. The van der Waals surface area contributed by atoms with E-state index in [-0.39, 0.29) is 88.0 Å². The van der Waals surface area contributed by atoms with E-state index in [2.05, 4.69) is 67.5 Å². The van der Waals surface area contributed by atoms with Crippen molar-refractivity contribution in [2.45, 2.75) is 139 Å². The van der Waals surface area contributed by atoms with Gasteiger partial charge >= 0.3 is 5.97 Å². The topological polar surface area (TPSA) is 535 Å². The van der Waals surface area contributed by atoms with E-state index in [0.717, 1.165) is 0 Å². The van der Waals surface area contributed by atoms with E-state index in [0.29, 0.717) is 45.2 Å². The number of benzene rings is 3. The van der Waals surface area contributed by atoms with Gasteiger partial charge in [0.05, 0.1) is 31.9 Å². The maximum Gasteiger partial charge on any atom is 0.303 e. The molecule has 1 aliphatic heterocycles. The molecule has 0 spiro atoms. The number of aliphatic carboxylic acids is 1. The van der Waals surface area contributed by atoms with E-state index >= 15 is 4.79 Å². The standard InChI is InChI=1S/C63H82N18O15/c1-33(2)23-43(55(88)74-42(12-7-21-69-63(66)67)62(95)81-22-8-13-49(81)61(94)71-30-51(65)84)76-59(92)47(27-52-73-41-11-5-6-14-50(41)96-52)79-56(89)44(24-34-15-17-37(83)18-16-34)77-60(93)48(31-82)80-57(90)45(25-35-28-70-40-10-4-3-9-38(35)40)78-58(91)46(26-36-29-68-32-72-36)75-54(87)39(64)19-20-53(85)86/h3-6,9-11,14-18,28-29,32-33,39,42-49,70,82-83H,7-8,12-13,19-27,30-31,64H2,1-2H3,(H2,65,84)(H,68,72)(H,71,94)(H,74,88)(H,75,87)(H,76,92)(H,77,93)(H,78,91)(H,79,89)(H,80,90)(H,85,86)(H4,66,67,69)/t39-,42-,43-,44-,45-,46-,47-,48-,49+/m0/s1. The SMILES string of the molecule is CC(C)C[C@H](NC(=O)[C@H](Cc1nc2ccccc2o1)NC(=O)[C@H](Cc1ccc(O)cc1)NC(=O)[C@H](CO)NC(=O)[C@H](Cc1c[nH]c2ccccc12)NC(=O)[C@H](Cc1cnc[nH]1)NC(=O)[C@@H](N)CCC(=O)O)C(=O)N[C@@H](CCCN=C(N)N)C(=O)N1CCC[C@@H]1C(=O)NCC(N)=O. The van der Waals surface area contributed by atoms with Crippen LogP contribution in [0.1, 0.15) is 81.5 Å². The van der Waals surface area contributed by atoms with Gasteiger partial charge in [0.2, 0.25) is 59.1 Å². The molecule has 33 heteroatoms. The second-order valence-corrected chi connectivity index (χ2v) is 23.6. The zero-order valence-corrected chi connectivity index (χ0v) is 52.9. The minimum Gasteiger partial charge on any atom is -0.508 e. The number of hydrogen-bond acceptors (Lipinski definition) is 18. The Bertz CT molecular complexity index is 3710. The van der Waals surface area contributed by atoms with Crippen molar-refractivity contribution in [2.24, 2.45) is 33.8 Å². The number of rotatable bonds is 36. The van der Waals surface area contributed by atoms with Crippen molar-refractivity contribution in [3.63, 3.8) is 0 Å². The first-order valence-electron chi connectivity index (χ1n) is 31.1. The lowest BCUT2D eigenvalue weighted by molar-refractivity contribution is -0.142. The van der Waals surface area contributed by atoms with Crippen molar-refractivity contribution >= 4 is 93.0 Å². The molecule has 33 nitrogen and oxygen atoms in total. The fraction of sp³-hybridized carbons (Fsp3) is 0.429. The number of carboxylic acids is 1. The number of amides is 10. The Morgan fingerprint density at radius 2 is 1.29 bits per heavy atom. The van der Waals surface area contributed by atoms with Crippen LogP contribution < -0.4 is 65.5 Å². The van der Waals surface area contributed by atoms with E-state index in [9.17, 15) is 63.3 Å². The number of aliphatic hydroxyl groups excluding tert-OH is 1. The molecule has 9 atom stereocenters. The molecule has 0 aliphatic carbocycles. The fourth-order valence-corrected chi connectivity index (χ4v) is 10.8. The Morgan fingerprint density at radius 1 is 0.698 bits per heavy atom. The van der Waals surface area contributed by atoms with Gasteiger partial charge < -0.3 is 100 Å². The number of nitrogens with zero attached hydrogens (tertiary/aromatic N) is 4. The number of likely N-dealkylation sites (tertiary alicyclic amines) is 1. The molecule has 0 bridgehead atoms. The molecule has 0 saturated carbocycles. The molecule has 514 valence electrons. The lowest BCUT2D eigenvalue weighted by Crippen LogP contribution is -2.61. The van der Waals surface area contributed by atoms with Crippen LogP contribution >= 0.6 is 0 Å². The molecule has 10 amide bonds. The van der Waals surface area contributed by atoms with Crippen LogP contribution in [0, 0.1) is 5.92 Å². The predicted molar refractivity (Wildman–Crippen MR) is 346 cm³/mol. The molecule has 0 unspecified atom stereocenters. The maximum atomic E-state index is 15.0. The largest absolute Gasteiger partial charge is 0.508 e. The number of guanidine groups is 1. The highest BCUT2D eigenvalue weighted by molar-refractivity contribution is 5.99. The molecule has 3 aromatic carbocycles. The first-order chi connectivity index (χ1) is 45.8. The summed E-state index contributed by atoms with van der Waals surface area (Å²) in [6, 6.07) is 6.05. The molecule has 1 saturated heterocycles. The number of aromatic nitrogens is 4. The number of carbonyl (C=O) groups excluding carboxylic acids is 10. The third-order valence-electron chi connectivity index (χ3n) is 15.7. The van der Waals surface area contributed by atoms with Crippen molar-refractivity contribution < 1.29 is 72.5 Å². The van der Waals surface area contributed by atoms with Gasteiger partial charge in [0.1, 0.15) is 59.6 Å². The molecule has 3 aromatic heterocycles. The van der Waals surface area contributed by atoms with Gasteiger partial charge in [-0.3, -0.25) is 57.7 Å². The number of fused-ring (bicyclic) bond motifs is 2. The number of carboxylic acid groups (broad SMARTS) is 1. The van der Waals surface area contributed by atoms with Crippen LogP contribution in [0.25, 0.3) is 22.0 Å². The van der Waals surface area contributed by atoms with Gasteiger partial charge in [-0.2, -0.15) is 0 Å². The summed E-state index contributed by atoms with van der Waals surface area (Å²) in [6.07, 6.45) is 3.15. The van der Waals surface area contributed by atoms with Gasteiger partial charge in [-0.05, 0) is 85.9 Å². The van der Waals surface area contributed by atoms with Crippen molar-refractivity contribution in [2.75, 3.05) is 26.2 Å². The summed E-state index contributed by atoms with van der Waals surface area (Å²) in [7, 11) is 0. The lowest BCUT2D eigenvalue weighted by atomic mass is 10.0. The molecule has 4 heterocycles. The minimum absolute atomic E-state index is 0.0226. The lowest BCUT2D eigenvalue weighted by Gasteiger charge is -2.30. The molecular formula is C63H82N18O15. The smallest absolute Gasteiger partial charge is 0.303 e. The number of hydrogen-bond donors (Lipinski definition) is 17. The average Bonchev–Trinajstić information content (AvgIpc) is 1.66. The molecule has 0 radical (unpaired) electrons. The van der Waals surface area contributed by atoms with Crippen LogP contribution in [-0.4, -0.2) is 192 Å². The average molecular weight is 1330 g/mol. The van der Waals surface area contributed by atoms with E-state index in [1.165, 1.54) is 41.7 Å². The number of nitrogens with two attached hydrogens (primary N) is 4. The second-order valence-electron chi connectivity index (χ2n) is 23.6. The summed E-state index contributed by atoms with van der Waals surface area (Å²) >= 11 is 0. The highest BCUT2D eigenvalue weighted by Crippen LogP contribution is 2.23. The third kappa shape index (κ3) is 21.3. The van der Waals surface area contributed by atoms with E-state index < -0.39 is 145 Å². The fourth-order valence-electron chi connectivity index (χ4n) is 10.8. The summed E-state index contributed by atoms with van der Waals surface area (Å²) in [5, 5.41) is 51.8. The highest BCUT2D eigenvalue weighted by atomic mass is 16.4. The number of oxazole rings is 1. The number of phenols is 1. The molecule has 6 aromatic rings. The van der Waals surface area contributed by atoms with Crippen molar-refractivity contribution in [1.29, 1.82) is 0 Å². The number of carbonyl (C=O) groups is 11. The summed E-state index contributed by atoms with van der Waals surface area (Å²) in [5.41, 5.74) is 25.0. The Hall–Kier alpha value is -11.0. The Morgan fingerprint density at radius 3 is 1.93 bits per heavy atom. The van der Waals surface area contributed by atoms with E-state index in [4.69, 9.17) is 27.4 Å². The van der Waals surface area contributed by atoms with Gasteiger partial charge in [0.25, 0.3) is 0 Å². The second kappa shape index (κ2) is 34.8. The van der Waals surface area contributed by atoms with Gasteiger partial charge in [-0.25, -0.2) is 9.97 Å². The van der Waals surface area contributed by atoms with Crippen molar-refractivity contribution in [1.82, 2.24) is 67.4 Å². The summed E-state index contributed by atoms with van der Waals surface area (Å²) in [5.74, 6) is -10.7. The Kier molecular flexibility index (Phi) is 26.3. The van der Waals surface area contributed by atoms with Gasteiger partial charge in [-0.15, -0.1) is 0 Å². The summed E-state index contributed by atoms with van der Waals surface area (Å²) in [4.78, 5) is 172. The van der Waals surface area contributed by atoms with Crippen LogP contribution in [0.3, 0.4) is 0 Å².